The van der Waals surface area contributed by atoms with Crippen molar-refractivity contribution >= 4 is 17.4 Å². The average molecular weight is 218 g/mol. The molecule has 0 amide bonds. The fourth-order valence-electron chi connectivity index (χ4n) is 2.48. The van der Waals surface area contributed by atoms with Crippen LogP contribution in [0.1, 0.15) is 24.8 Å². The molecule has 0 saturated carbocycles. The lowest BCUT2D eigenvalue weighted by molar-refractivity contribution is 0.657. The highest BCUT2D eigenvalue weighted by atomic mass is 32.2. The van der Waals surface area contributed by atoms with Gasteiger partial charge in [-0.25, -0.2) is 0 Å². The number of hydrogen-bond donors (Lipinski definition) is 1. The predicted molar refractivity (Wildman–Crippen MR) is 67.1 cm³/mol. The van der Waals surface area contributed by atoms with E-state index in [2.05, 4.69) is 41.3 Å². The maximum absolute atomic E-state index is 3.68. The molecule has 1 unspecified atom stereocenters. The molecule has 2 heteroatoms. The second-order valence-corrected chi connectivity index (χ2v) is 5.53. The van der Waals surface area contributed by atoms with Crippen LogP contribution >= 0.6 is 11.8 Å². The molecule has 0 aliphatic carbocycles. The zero-order chi connectivity index (χ0) is 10.1. The SMILES string of the molecule is c1ccc2c(c1)CCC([C]1CCCS1)N2. The molecule has 2 aliphatic heterocycles. The summed E-state index contributed by atoms with van der Waals surface area (Å²) >= 11 is 2.08. The van der Waals surface area contributed by atoms with Gasteiger partial charge in [0, 0.05) is 11.7 Å². The van der Waals surface area contributed by atoms with E-state index in [4.69, 9.17) is 0 Å². The number of para-hydroxylation sites is 1. The summed E-state index contributed by atoms with van der Waals surface area (Å²) in [6, 6.07) is 9.35. The first-order chi connectivity index (χ1) is 7.43. The number of aryl methyl sites for hydroxylation is 1. The Kier molecular flexibility index (Phi) is 2.61. The smallest absolute Gasteiger partial charge is 0.0527 e. The second kappa shape index (κ2) is 4.09. The van der Waals surface area contributed by atoms with Crippen LogP contribution in [0.5, 0.6) is 0 Å². The minimum Gasteiger partial charge on any atom is -0.381 e. The summed E-state index contributed by atoms with van der Waals surface area (Å²) in [6.07, 6.45) is 5.21. The Morgan fingerprint density at radius 3 is 3.00 bits per heavy atom. The molecule has 2 aliphatic rings. The Balaban J connectivity index is 1.76. The van der Waals surface area contributed by atoms with Gasteiger partial charge in [-0.15, -0.1) is 0 Å². The van der Waals surface area contributed by atoms with E-state index in [0.29, 0.717) is 6.04 Å². The first-order valence-electron chi connectivity index (χ1n) is 5.76. The molecular weight excluding hydrogens is 202 g/mol. The molecule has 79 valence electrons. The first-order valence-corrected chi connectivity index (χ1v) is 6.75. The molecule has 2 heterocycles. The summed E-state index contributed by atoms with van der Waals surface area (Å²) < 4.78 is 0. The van der Waals surface area contributed by atoms with E-state index in [1.165, 1.54) is 42.7 Å². The number of hydrogen-bond acceptors (Lipinski definition) is 2. The average Bonchev–Trinajstić information content (AvgIpc) is 2.82. The maximum atomic E-state index is 3.68. The molecule has 1 radical (unpaired) electrons. The molecule has 1 aromatic rings. The minimum absolute atomic E-state index is 0.632. The normalized spacial score (nSPS) is 26.0. The number of nitrogens with one attached hydrogen (secondary N) is 1. The molecule has 1 saturated heterocycles. The van der Waals surface area contributed by atoms with Gasteiger partial charge in [0.1, 0.15) is 0 Å². The van der Waals surface area contributed by atoms with Gasteiger partial charge in [-0.3, -0.25) is 0 Å². The van der Waals surface area contributed by atoms with Crippen molar-refractivity contribution in [2.75, 3.05) is 11.1 Å². The topological polar surface area (TPSA) is 12.0 Å². The third-order valence-corrected chi connectivity index (χ3v) is 4.65. The lowest BCUT2D eigenvalue weighted by Crippen LogP contribution is -2.29. The summed E-state index contributed by atoms with van der Waals surface area (Å²) in [4.78, 5) is 0. The summed E-state index contributed by atoms with van der Waals surface area (Å²) in [6.45, 7) is 0. The van der Waals surface area contributed by atoms with Gasteiger partial charge in [0.25, 0.3) is 0 Å². The molecule has 0 bridgehead atoms. The number of rotatable bonds is 1. The highest BCUT2D eigenvalue weighted by Crippen LogP contribution is 2.40. The number of fused-ring (bicyclic) bond motifs is 1. The standard InChI is InChI=1S/C13H16NS/c1-2-5-11-10(4-1)7-8-12(14-11)13-6-3-9-15-13/h1-2,4-5,12,14H,3,6-9H2. The van der Waals surface area contributed by atoms with Gasteiger partial charge in [0.05, 0.1) is 5.25 Å². The second-order valence-electron chi connectivity index (χ2n) is 4.31. The van der Waals surface area contributed by atoms with Crippen molar-refractivity contribution in [3.63, 3.8) is 0 Å². The third kappa shape index (κ3) is 1.87. The van der Waals surface area contributed by atoms with Crippen molar-refractivity contribution in [2.45, 2.75) is 31.7 Å². The lowest BCUT2D eigenvalue weighted by atomic mass is 9.95. The van der Waals surface area contributed by atoms with E-state index >= 15 is 0 Å². The molecule has 0 spiro atoms. The van der Waals surface area contributed by atoms with Gasteiger partial charge in [0.2, 0.25) is 0 Å². The van der Waals surface area contributed by atoms with E-state index in [1.54, 1.807) is 5.25 Å². The van der Waals surface area contributed by atoms with Gasteiger partial charge in [0.15, 0.2) is 0 Å². The van der Waals surface area contributed by atoms with Crippen molar-refractivity contribution in [1.29, 1.82) is 0 Å². The Labute approximate surface area is 95.6 Å². The van der Waals surface area contributed by atoms with E-state index in [0.717, 1.165) is 0 Å². The summed E-state index contributed by atoms with van der Waals surface area (Å²) in [5.74, 6) is 1.33. The quantitative estimate of drug-likeness (QED) is 0.774. The van der Waals surface area contributed by atoms with Gasteiger partial charge in [-0.05, 0) is 43.1 Å². The highest BCUT2D eigenvalue weighted by molar-refractivity contribution is 8.02. The number of thioether (sulfide) groups is 1. The molecule has 1 fully saturated rings. The summed E-state index contributed by atoms with van der Waals surface area (Å²) in [7, 11) is 0. The van der Waals surface area contributed by atoms with Crippen LogP contribution in [0.4, 0.5) is 5.69 Å². The Hall–Kier alpha value is -0.630. The summed E-state index contributed by atoms with van der Waals surface area (Å²) in [5.41, 5.74) is 2.84. The van der Waals surface area contributed by atoms with Gasteiger partial charge < -0.3 is 5.32 Å². The molecule has 15 heavy (non-hydrogen) atoms. The largest absolute Gasteiger partial charge is 0.381 e. The zero-order valence-corrected chi connectivity index (χ0v) is 9.65. The van der Waals surface area contributed by atoms with E-state index < -0.39 is 0 Å². The Morgan fingerprint density at radius 2 is 2.13 bits per heavy atom. The van der Waals surface area contributed by atoms with Gasteiger partial charge in [-0.1, -0.05) is 18.2 Å². The predicted octanol–water partition coefficient (Wildman–Crippen LogP) is 3.47. The van der Waals surface area contributed by atoms with Crippen LogP contribution in [-0.2, 0) is 6.42 Å². The minimum atomic E-state index is 0.632. The lowest BCUT2D eigenvalue weighted by Gasteiger charge is -2.30. The van der Waals surface area contributed by atoms with Crippen LogP contribution in [-0.4, -0.2) is 11.8 Å². The monoisotopic (exact) mass is 218 g/mol. The fourth-order valence-corrected chi connectivity index (χ4v) is 3.69. The maximum Gasteiger partial charge on any atom is 0.0527 e. The highest BCUT2D eigenvalue weighted by Gasteiger charge is 2.28. The Bertz CT molecular complexity index is 344. The van der Waals surface area contributed by atoms with Crippen molar-refractivity contribution in [1.82, 2.24) is 0 Å². The van der Waals surface area contributed by atoms with Crippen LogP contribution in [0.2, 0.25) is 0 Å². The molecular formula is C13H16NS. The van der Waals surface area contributed by atoms with E-state index in [-0.39, 0.29) is 0 Å². The van der Waals surface area contributed by atoms with Crippen LogP contribution in [0.15, 0.2) is 24.3 Å². The van der Waals surface area contributed by atoms with Gasteiger partial charge >= 0.3 is 0 Å². The van der Waals surface area contributed by atoms with Crippen molar-refractivity contribution in [2.24, 2.45) is 0 Å². The van der Waals surface area contributed by atoms with Crippen LogP contribution in [0, 0.1) is 5.25 Å². The van der Waals surface area contributed by atoms with Crippen LogP contribution in [0.25, 0.3) is 0 Å². The third-order valence-electron chi connectivity index (χ3n) is 3.29. The van der Waals surface area contributed by atoms with Crippen molar-refractivity contribution in [3.05, 3.63) is 35.1 Å². The van der Waals surface area contributed by atoms with Crippen LogP contribution in [0.3, 0.4) is 0 Å². The number of benzene rings is 1. The van der Waals surface area contributed by atoms with Crippen LogP contribution < -0.4 is 5.32 Å². The molecule has 0 aromatic heterocycles. The van der Waals surface area contributed by atoms with Gasteiger partial charge in [-0.2, -0.15) is 11.8 Å². The van der Waals surface area contributed by atoms with Crippen molar-refractivity contribution in [3.8, 4) is 0 Å². The first kappa shape index (κ1) is 9.59. The molecule has 3 rings (SSSR count). The van der Waals surface area contributed by atoms with E-state index in [9.17, 15) is 0 Å². The fraction of sp³-hybridized carbons (Fsp3) is 0.462. The number of anilines is 1. The molecule has 1 atom stereocenters. The molecule has 1 aromatic carbocycles. The van der Waals surface area contributed by atoms with Crippen molar-refractivity contribution < 1.29 is 0 Å². The molecule has 1 nitrogen and oxygen atoms in total. The summed E-state index contributed by atoms with van der Waals surface area (Å²) in [5, 5.41) is 5.37. The van der Waals surface area contributed by atoms with E-state index in [1.807, 2.05) is 0 Å². The molecule has 1 N–H and O–H groups in total. The zero-order valence-electron chi connectivity index (χ0n) is 8.83. The Morgan fingerprint density at radius 1 is 1.20 bits per heavy atom.